The molecule has 0 unspecified atom stereocenters. The molecule has 28 heavy (non-hydrogen) atoms. The van der Waals surface area contributed by atoms with Crippen molar-refractivity contribution in [1.29, 1.82) is 0 Å². The molecule has 1 N–H and O–H groups in total. The third kappa shape index (κ3) is 2.94. The maximum absolute atomic E-state index is 12.6. The fourth-order valence-corrected chi connectivity index (χ4v) is 3.65. The first-order valence-electron chi connectivity index (χ1n) is 8.43. The minimum atomic E-state index is -0.536. The lowest BCUT2D eigenvalue weighted by molar-refractivity contribution is 0.701. The molecule has 0 radical (unpaired) electrons. The second-order valence-electron chi connectivity index (χ2n) is 6.56. The van der Waals surface area contributed by atoms with E-state index >= 15 is 0 Å². The van der Waals surface area contributed by atoms with Crippen molar-refractivity contribution < 1.29 is 0 Å². The summed E-state index contributed by atoms with van der Waals surface area (Å²) >= 11 is 12.3. The van der Waals surface area contributed by atoms with Gasteiger partial charge < -0.3 is 0 Å². The minimum Gasteiger partial charge on any atom is -0.298 e. The van der Waals surface area contributed by atoms with Crippen LogP contribution in [0.3, 0.4) is 0 Å². The van der Waals surface area contributed by atoms with E-state index in [2.05, 4.69) is 15.1 Å². The molecule has 0 atom stereocenters. The molecule has 0 fully saturated rings. The average Bonchev–Trinajstić information content (AvgIpc) is 3.15. The fraction of sp³-hybridized carbons (Fsp3) is 0.222. The third-order valence-corrected chi connectivity index (χ3v) is 5.12. The monoisotopic (exact) mass is 418 g/mol. The number of hydrogen-bond donors (Lipinski definition) is 1. The molecule has 8 nitrogen and oxygen atoms in total. The fourth-order valence-electron chi connectivity index (χ4n) is 3.19. The van der Waals surface area contributed by atoms with Gasteiger partial charge in [0.1, 0.15) is 0 Å². The summed E-state index contributed by atoms with van der Waals surface area (Å²) in [6.45, 7) is 4.01. The Bertz CT molecular complexity index is 1340. The highest BCUT2D eigenvalue weighted by molar-refractivity contribution is 6.35. The van der Waals surface area contributed by atoms with Crippen LogP contribution in [0.4, 0.5) is 0 Å². The third-order valence-electron chi connectivity index (χ3n) is 4.53. The van der Waals surface area contributed by atoms with E-state index in [1.807, 2.05) is 19.9 Å². The van der Waals surface area contributed by atoms with Gasteiger partial charge in [-0.2, -0.15) is 10.1 Å². The van der Waals surface area contributed by atoms with Gasteiger partial charge in [-0.25, -0.2) is 9.48 Å². The number of imidazole rings is 1. The maximum Gasteiger partial charge on any atom is 0.329 e. The molecule has 3 aromatic heterocycles. The van der Waals surface area contributed by atoms with Gasteiger partial charge in [0.25, 0.3) is 5.56 Å². The predicted molar refractivity (Wildman–Crippen MR) is 108 cm³/mol. The summed E-state index contributed by atoms with van der Waals surface area (Å²) < 4.78 is 4.64. The zero-order chi connectivity index (χ0) is 20.2. The van der Waals surface area contributed by atoms with Gasteiger partial charge in [0.05, 0.1) is 12.2 Å². The summed E-state index contributed by atoms with van der Waals surface area (Å²) in [5.41, 5.74) is 1.87. The van der Waals surface area contributed by atoms with Crippen molar-refractivity contribution in [2.45, 2.75) is 20.4 Å². The Morgan fingerprint density at radius 2 is 1.89 bits per heavy atom. The summed E-state index contributed by atoms with van der Waals surface area (Å²) in [5.74, 6) is 0.415. The van der Waals surface area contributed by atoms with Crippen LogP contribution in [0.1, 0.15) is 17.0 Å². The van der Waals surface area contributed by atoms with E-state index < -0.39 is 11.2 Å². The van der Waals surface area contributed by atoms with Crippen LogP contribution in [0.25, 0.3) is 17.1 Å². The van der Waals surface area contributed by atoms with Gasteiger partial charge in [-0.3, -0.25) is 18.9 Å². The van der Waals surface area contributed by atoms with Gasteiger partial charge in [-0.1, -0.05) is 29.3 Å². The highest BCUT2D eigenvalue weighted by Crippen LogP contribution is 2.25. The number of aromatic amines is 1. The molecule has 0 aliphatic carbocycles. The normalized spacial score (nSPS) is 11.5. The molecule has 4 aromatic rings. The first-order chi connectivity index (χ1) is 13.3. The largest absolute Gasteiger partial charge is 0.329 e. The zero-order valence-corrected chi connectivity index (χ0v) is 16.8. The van der Waals surface area contributed by atoms with Crippen LogP contribution in [0.2, 0.25) is 10.0 Å². The lowest BCUT2D eigenvalue weighted by atomic mass is 10.2. The standard InChI is InChI=1S/C18H16Cl2N6O2/c1-9-6-10(2)26(23-9)17-21-15-14(16(27)22-18(28)24(15)3)25(17)8-11-4-5-12(19)7-13(11)20/h4-7H,8H2,1-3H3,(H,22,27,28). The summed E-state index contributed by atoms with van der Waals surface area (Å²) in [4.78, 5) is 31.5. The number of aromatic nitrogens is 6. The molecule has 0 saturated heterocycles. The van der Waals surface area contributed by atoms with E-state index in [9.17, 15) is 9.59 Å². The smallest absolute Gasteiger partial charge is 0.298 e. The van der Waals surface area contributed by atoms with Crippen LogP contribution in [0.15, 0.2) is 33.9 Å². The molecule has 0 bridgehead atoms. The van der Waals surface area contributed by atoms with Crippen molar-refractivity contribution in [2.24, 2.45) is 7.05 Å². The quantitative estimate of drug-likeness (QED) is 0.553. The van der Waals surface area contributed by atoms with Crippen molar-refractivity contribution in [3.8, 4) is 5.95 Å². The molecule has 0 spiro atoms. The van der Waals surface area contributed by atoms with Crippen molar-refractivity contribution in [1.82, 2.24) is 28.9 Å². The SMILES string of the molecule is Cc1cc(C)n(-c2nc3c(c(=O)[nH]c(=O)n3C)n2Cc2ccc(Cl)cc2Cl)n1. The Kier molecular flexibility index (Phi) is 4.40. The lowest BCUT2D eigenvalue weighted by Crippen LogP contribution is -2.29. The van der Waals surface area contributed by atoms with Gasteiger partial charge in [-0.15, -0.1) is 0 Å². The van der Waals surface area contributed by atoms with E-state index in [1.165, 1.54) is 4.57 Å². The summed E-state index contributed by atoms with van der Waals surface area (Å²) in [6, 6.07) is 7.06. The second kappa shape index (κ2) is 6.65. The van der Waals surface area contributed by atoms with Crippen LogP contribution in [0.5, 0.6) is 0 Å². The van der Waals surface area contributed by atoms with Gasteiger partial charge in [0.2, 0.25) is 5.95 Å². The van der Waals surface area contributed by atoms with Crippen LogP contribution in [0, 0.1) is 13.8 Å². The highest BCUT2D eigenvalue weighted by atomic mass is 35.5. The van der Waals surface area contributed by atoms with Crippen LogP contribution < -0.4 is 11.2 Å². The van der Waals surface area contributed by atoms with Crippen LogP contribution >= 0.6 is 23.2 Å². The van der Waals surface area contributed by atoms with Crippen LogP contribution in [-0.2, 0) is 13.6 Å². The Balaban J connectivity index is 2.05. The van der Waals surface area contributed by atoms with E-state index in [0.29, 0.717) is 16.0 Å². The average molecular weight is 419 g/mol. The first kappa shape index (κ1) is 18.5. The number of rotatable bonds is 3. The van der Waals surface area contributed by atoms with E-state index in [1.54, 1.807) is 34.5 Å². The number of fused-ring (bicyclic) bond motifs is 1. The number of nitrogens with one attached hydrogen (secondary N) is 1. The predicted octanol–water partition coefficient (Wildman–Crippen LogP) is 2.58. The molecular weight excluding hydrogens is 403 g/mol. The highest BCUT2D eigenvalue weighted by Gasteiger charge is 2.21. The number of H-pyrrole nitrogens is 1. The topological polar surface area (TPSA) is 90.5 Å². The van der Waals surface area contributed by atoms with Crippen molar-refractivity contribution in [2.75, 3.05) is 0 Å². The van der Waals surface area contributed by atoms with E-state index in [0.717, 1.165) is 17.0 Å². The van der Waals surface area contributed by atoms with Gasteiger partial charge >= 0.3 is 5.69 Å². The molecule has 0 amide bonds. The number of hydrogen-bond acceptors (Lipinski definition) is 4. The minimum absolute atomic E-state index is 0.251. The first-order valence-corrected chi connectivity index (χ1v) is 9.19. The van der Waals surface area contributed by atoms with Gasteiger partial charge in [0, 0.05) is 22.8 Å². The number of aryl methyl sites for hydroxylation is 3. The Hall–Kier alpha value is -2.84. The Morgan fingerprint density at radius 3 is 2.54 bits per heavy atom. The maximum atomic E-state index is 12.6. The van der Waals surface area contributed by atoms with Gasteiger partial charge in [-0.05, 0) is 37.6 Å². The van der Waals surface area contributed by atoms with Crippen molar-refractivity contribution in [3.05, 3.63) is 72.1 Å². The van der Waals surface area contributed by atoms with E-state index in [-0.39, 0.29) is 17.7 Å². The Morgan fingerprint density at radius 1 is 1.14 bits per heavy atom. The molecule has 1 aromatic carbocycles. The molecule has 4 rings (SSSR count). The van der Waals surface area contributed by atoms with Crippen LogP contribution in [-0.4, -0.2) is 28.9 Å². The summed E-state index contributed by atoms with van der Waals surface area (Å²) in [5, 5.41) is 5.46. The lowest BCUT2D eigenvalue weighted by Gasteiger charge is -2.11. The van der Waals surface area contributed by atoms with Gasteiger partial charge in [0.15, 0.2) is 11.2 Å². The zero-order valence-electron chi connectivity index (χ0n) is 15.3. The molecule has 3 heterocycles. The summed E-state index contributed by atoms with van der Waals surface area (Å²) in [7, 11) is 1.55. The molecular formula is C18H16Cl2N6O2. The van der Waals surface area contributed by atoms with E-state index in [4.69, 9.17) is 23.2 Å². The number of benzene rings is 1. The number of halogens is 2. The molecule has 0 aliphatic rings. The molecule has 144 valence electrons. The Labute approximate surface area is 169 Å². The number of nitrogens with zero attached hydrogens (tertiary/aromatic N) is 5. The molecule has 0 aliphatic heterocycles. The molecule has 0 saturated carbocycles. The summed E-state index contributed by atoms with van der Waals surface area (Å²) in [6.07, 6.45) is 0. The van der Waals surface area contributed by atoms with Crippen molar-refractivity contribution >= 4 is 34.4 Å². The molecule has 10 heteroatoms. The second-order valence-corrected chi connectivity index (χ2v) is 7.41. The van der Waals surface area contributed by atoms with Crippen molar-refractivity contribution in [3.63, 3.8) is 0 Å².